The number of benzene rings is 2. The fraction of sp³-hybridized carbons (Fsp3) is 0.536. The molecule has 178 valence electrons. The van der Waals surface area contributed by atoms with Crippen LogP contribution in [-0.4, -0.2) is 38.7 Å². The zero-order chi connectivity index (χ0) is 23.7. The van der Waals surface area contributed by atoms with E-state index in [2.05, 4.69) is 81.4 Å². The fourth-order valence-electron chi connectivity index (χ4n) is 6.45. The van der Waals surface area contributed by atoms with Crippen molar-refractivity contribution in [3.8, 4) is 0 Å². The van der Waals surface area contributed by atoms with Crippen LogP contribution in [0.25, 0.3) is 0 Å². The minimum atomic E-state index is -2.64. The quantitative estimate of drug-likeness (QED) is 0.523. The zero-order valence-corrected chi connectivity index (χ0v) is 21.4. The Morgan fingerprint density at radius 3 is 2.06 bits per heavy atom. The van der Waals surface area contributed by atoms with E-state index in [1.165, 1.54) is 17.5 Å². The van der Waals surface area contributed by atoms with Crippen LogP contribution in [0.3, 0.4) is 0 Å². The third-order valence-electron chi connectivity index (χ3n) is 8.06. The maximum Gasteiger partial charge on any atom is 0.311 e. The summed E-state index contributed by atoms with van der Waals surface area (Å²) < 4.78 is 12.4. The maximum atomic E-state index is 12.3. The highest BCUT2D eigenvalue weighted by atomic mass is 28.4. The maximum absolute atomic E-state index is 12.3. The summed E-state index contributed by atoms with van der Waals surface area (Å²) in [7, 11) is -1.22. The molecule has 2 aliphatic carbocycles. The average molecular weight is 467 g/mol. The van der Waals surface area contributed by atoms with E-state index in [1.54, 1.807) is 0 Å². The number of esters is 1. The summed E-state index contributed by atoms with van der Waals surface area (Å²) in [6.45, 7) is 6.89. The highest BCUT2D eigenvalue weighted by molar-refractivity contribution is 6.99. The van der Waals surface area contributed by atoms with Gasteiger partial charge in [0, 0.05) is 6.10 Å². The monoisotopic (exact) mass is 466 g/mol. The third kappa shape index (κ3) is 4.31. The lowest BCUT2D eigenvalue weighted by Gasteiger charge is -2.46. The van der Waals surface area contributed by atoms with Gasteiger partial charge in [-0.2, -0.15) is 0 Å². The number of carbonyl (C=O) groups is 1. The predicted octanol–water partition coefficient (Wildman–Crippen LogP) is 4.44. The van der Waals surface area contributed by atoms with Crippen molar-refractivity contribution >= 4 is 24.7 Å². The molecule has 0 amide bonds. The summed E-state index contributed by atoms with van der Waals surface area (Å²) in [6, 6.07) is 21.4. The lowest BCUT2D eigenvalue weighted by Crippen LogP contribution is -2.67. The van der Waals surface area contributed by atoms with Crippen LogP contribution in [-0.2, 0) is 14.0 Å². The molecule has 0 heterocycles. The van der Waals surface area contributed by atoms with Crippen LogP contribution < -0.4 is 10.4 Å². The second kappa shape index (κ2) is 9.36. The number of rotatable bonds is 5. The van der Waals surface area contributed by atoms with Gasteiger partial charge in [-0.25, -0.2) is 0 Å². The molecule has 0 aliphatic heterocycles. The Hall–Kier alpha value is -1.95. The Bertz CT molecular complexity index is 900. The minimum Gasteiger partial charge on any atom is -0.469 e. The first-order chi connectivity index (χ1) is 15.7. The van der Waals surface area contributed by atoms with E-state index in [0.717, 1.165) is 32.1 Å². The molecule has 4 nitrogen and oxygen atoms in total. The molecule has 1 N–H and O–H groups in total. The Labute approximate surface area is 199 Å². The van der Waals surface area contributed by atoms with E-state index in [1.807, 2.05) is 0 Å². The molecule has 0 aromatic heterocycles. The van der Waals surface area contributed by atoms with Crippen molar-refractivity contribution in [2.45, 2.75) is 76.5 Å². The summed E-state index contributed by atoms with van der Waals surface area (Å²) in [5.74, 6) is -0.701. The number of hydrogen-bond donors (Lipinski definition) is 1. The van der Waals surface area contributed by atoms with Gasteiger partial charge in [0.1, 0.15) is 0 Å². The fourth-order valence-corrected chi connectivity index (χ4v) is 11.2. The highest BCUT2D eigenvalue weighted by Gasteiger charge is 2.56. The highest BCUT2D eigenvalue weighted by Crippen LogP contribution is 2.53. The first-order valence-electron chi connectivity index (χ1n) is 12.3. The molecule has 4 atom stereocenters. The molecule has 1 spiro atoms. The topological polar surface area (TPSA) is 55.8 Å². The molecule has 5 heteroatoms. The lowest BCUT2D eigenvalue weighted by molar-refractivity contribution is -0.158. The summed E-state index contributed by atoms with van der Waals surface area (Å²) >= 11 is 0. The average Bonchev–Trinajstić information content (AvgIpc) is 3.22. The van der Waals surface area contributed by atoms with Gasteiger partial charge in [-0.1, -0.05) is 87.9 Å². The van der Waals surface area contributed by atoms with E-state index in [-0.39, 0.29) is 22.5 Å². The van der Waals surface area contributed by atoms with Gasteiger partial charge in [0.15, 0.2) is 0 Å². The zero-order valence-electron chi connectivity index (χ0n) is 20.4. The molecule has 4 rings (SSSR count). The van der Waals surface area contributed by atoms with Crippen LogP contribution in [0.5, 0.6) is 0 Å². The van der Waals surface area contributed by atoms with Gasteiger partial charge in [0.25, 0.3) is 8.32 Å². The molecule has 0 saturated heterocycles. The standard InChI is InChI=1S/C28H38O4Si/c1-27(2,3)33(22-12-7-5-8-13-22,23-14-9-6-10-15-23)32-21-17-19-28(20-21)18-11-16-24(25(28)29)26(30)31-4/h5-10,12-15,21,24-25,29H,11,16-20H2,1-4H3. The van der Waals surface area contributed by atoms with Crippen molar-refractivity contribution in [2.75, 3.05) is 7.11 Å². The Kier molecular flexibility index (Phi) is 6.86. The largest absolute Gasteiger partial charge is 0.469 e. The molecule has 2 aromatic rings. The second-order valence-electron chi connectivity index (χ2n) is 11.0. The molecule has 33 heavy (non-hydrogen) atoms. The predicted molar refractivity (Wildman–Crippen MR) is 134 cm³/mol. The smallest absolute Gasteiger partial charge is 0.311 e. The van der Waals surface area contributed by atoms with E-state index in [9.17, 15) is 9.90 Å². The number of hydrogen-bond acceptors (Lipinski definition) is 4. The third-order valence-corrected chi connectivity index (χ3v) is 13.2. The molecule has 4 unspecified atom stereocenters. The van der Waals surface area contributed by atoms with Crippen molar-refractivity contribution in [2.24, 2.45) is 11.3 Å². The number of aliphatic hydroxyl groups excluding tert-OH is 1. The van der Waals surface area contributed by atoms with E-state index < -0.39 is 20.3 Å². The molecular formula is C28H38O4Si. The van der Waals surface area contributed by atoms with Crippen molar-refractivity contribution in [1.29, 1.82) is 0 Å². The summed E-state index contributed by atoms with van der Waals surface area (Å²) in [5, 5.41) is 13.8. The molecule has 0 radical (unpaired) electrons. The molecule has 2 fully saturated rings. The van der Waals surface area contributed by atoms with Crippen LogP contribution in [0.15, 0.2) is 60.7 Å². The van der Waals surface area contributed by atoms with Gasteiger partial charge in [-0.05, 0) is 52.9 Å². The van der Waals surface area contributed by atoms with Gasteiger partial charge < -0.3 is 14.3 Å². The first kappa shape index (κ1) is 24.2. The minimum absolute atomic E-state index is 0.0577. The summed E-state index contributed by atoms with van der Waals surface area (Å²) in [5.41, 5.74) is -0.257. The second-order valence-corrected chi connectivity index (χ2v) is 15.2. The normalized spacial score (nSPS) is 28.1. The first-order valence-corrected chi connectivity index (χ1v) is 14.2. The van der Waals surface area contributed by atoms with Crippen LogP contribution in [0.4, 0.5) is 0 Å². The van der Waals surface area contributed by atoms with Crippen LogP contribution in [0.1, 0.15) is 59.3 Å². The van der Waals surface area contributed by atoms with Crippen LogP contribution >= 0.6 is 0 Å². The van der Waals surface area contributed by atoms with Gasteiger partial charge in [0.2, 0.25) is 0 Å². The van der Waals surface area contributed by atoms with Gasteiger partial charge >= 0.3 is 5.97 Å². The van der Waals surface area contributed by atoms with Gasteiger partial charge in [-0.15, -0.1) is 0 Å². The van der Waals surface area contributed by atoms with E-state index in [0.29, 0.717) is 6.42 Å². The molecule has 2 aliphatic rings. The van der Waals surface area contributed by atoms with Crippen LogP contribution in [0, 0.1) is 11.3 Å². The lowest BCUT2D eigenvalue weighted by atomic mass is 9.66. The number of ether oxygens (including phenoxy) is 1. The Morgan fingerprint density at radius 2 is 1.55 bits per heavy atom. The summed E-state index contributed by atoms with van der Waals surface area (Å²) in [6.07, 6.45) is 4.60. The van der Waals surface area contributed by atoms with Gasteiger partial charge in [-0.3, -0.25) is 4.79 Å². The van der Waals surface area contributed by atoms with Crippen molar-refractivity contribution in [3.63, 3.8) is 0 Å². The number of aliphatic hydroxyl groups is 1. The Morgan fingerprint density at radius 1 is 0.970 bits per heavy atom. The molecule has 0 bridgehead atoms. The Balaban J connectivity index is 1.69. The van der Waals surface area contributed by atoms with Gasteiger partial charge in [0.05, 0.1) is 19.1 Å². The SMILES string of the molecule is COC(=O)C1CCCC2(CCC(O[Si](c3ccccc3)(c3ccccc3)C(C)(C)C)C2)C1O. The molecular weight excluding hydrogens is 428 g/mol. The van der Waals surface area contributed by atoms with Crippen molar-refractivity contribution in [1.82, 2.24) is 0 Å². The van der Waals surface area contributed by atoms with E-state index in [4.69, 9.17) is 9.16 Å². The van der Waals surface area contributed by atoms with Crippen molar-refractivity contribution in [3.05, 3.63) is 60.7 Å². The van der Waals surface area contributed by atoms with Crippen LogP contribution in [0.2, 0.25) is 5.04 Å². The molecule has 2 aromatic carbocycles. The van der Waals surface area contributed by atoms with E-state index >= 15 is 0 Å². The number of carbonyl (C=O) groups excluding carboxylic acids is 1. The summed E-state index contributed by atoms with van der Waals surface area (Å²) in [4.78, 5) is 12.3. The van der Waals surface area contributed by atoms with Crippen molar-refractivity contribution < 1.29 is 19.1 Å². The number of methoxy groups -OCH3 is 1. The molecule has 2 saturated carbocycles.